The van der Waals surface area contributed by atoms with Gasteiger partial charge >= 0.3 is 0 Å². The molecule has 320 valence electrons. The maximum atomic E-state index is 4.26. The van der Waals surface area contributed by atoms with Gasteiger partial charge in [-0.25, -0.2) is 4.68 Å². The Kier molecular flexibility index (Phi) is 15.2. The second kappa shape index (κ2) is 21.1. The lowest BCUT2D eigenvalue weighted by Crippen LogP contribution is -2.18. The summed E-state index contributed by atoms with van der Waals surface area (Å²) in [5, 5.41) is 30.9. The number of aromatic nitrogens is 8. The van der Waals surface area contributed by atoms with Crippen LogP contribution in [0.15, 0.2) is 79.5 Å². The summed E-state index contributed by atoms with van der Waals surface area (Å²) < 4.78 is 4.15. The van der Waals surface area contributed by atoms with Gasteiger partial charge in [0.05, 0.1) is 43.4 Å². The van der Waals surface area contributed by atoms with Gasteiger partial charge < -0.3 is 4.57 Å². The van der Waals surface area contributed by atoms with E-state index >= 15 is 0 Å². The first kappa shape index (κ1) is 43.2. The molecule has 0 spiro atoms. The number of azo groups is 1. The van der Waals surface area contributed by atoms with Crippen LogP contribution < -0.4 is 0 Å². The van der Waals surface area contributed by atoms with Crippen LogP contribution in [-0.2, 0) is 45.3 Å². The highest BCUT2D eigenvalue weighted by Crippen LogP contribution is 2.33. The average molecular weight is 813 g/mol. The van der Waals surface area contributed by atoms with Crippen molar-refractivity contribution < 1.29 is 0 Å². The third kappa shape index (κ3) is 12.1. The Labute approximate surface area is 357 Å². The van der Waals surface area contributed by atoms with E-state index in [1.165, 1.54) is 116 Å². The van der Waals surface area contributed by atoms with Crippen LogP contribution in [0.4, 0.5) is 0 Å². The number of fused-ring (bicyclic) bond motifs is 4. The molecule has 12 heteroatoms. The van der Waals surface area contributed by atoms with Crippen molar-refractivity contribution in [3.05, 3.63) is 98.8 Å². The van der Waals surface area contributed by atoms with E-state index in [-0.39, 0.29) is 0 Å². The van der Waals surface area contributed by atoms with Crippen molar-refractivity contribution in [1.82, 2.24) is 40.0 Å². The van der Waals surface area contributed by atoms with Crippen molar-refractivity contribution >= 4 is 12.4 Å². The highest BCUT2D eigenvalue weighted by molar-refractivity contribution is 5.84. The molecule has 1 aromatic carbocycles. The van der Waals surface area contributed by atoms with Crippen LogP contribution in [0.2, 0.25) is 0 Å². The summed E-state index contributed by atoms with van der Waals surface area (Å²) in [5.41, 5.74) is 14.0. The minimum Gasteiger partial charge on any atom is -0.318 e. The Balaban J connectivity index is 0.000000109. The summed E-state index contributed by atoms with van der Waals surface area (Å²) in [6, 6.07) is 6.46. The lowest BCUT2D eigenvalue weighted by Gasteiger charge is -2.18. The van der Waals surface area contributed by atoms with Crippen molar-refractivity contribution in [2.45, 2.75) is 145 Å². The van der Waals surface area contributed by atoms with Gasteiger partial charge in [-0.15, -0.1) is 15.3 Å². The number of hydrogen-bond donors (Lipinski definition) is 1. The van der Waals surface area contributed by atoms with Gasteiger partial charge in [0.1, 0.15) is 12.2 Å². The molecule has 5 unspecified atom stereocenters. The first-order chi connectivity index (χ1) is 29.2. The van der Waals surface area contributed by atoms with Gasteiger partial charge in [-0.05, 0) is 147 Å². The fraction of sp³-hybridized carbons (Fsp3) is 0.604. The van der Waals surface area contributed by atoms with Gasteiger partial charge in [0.25, 0.3) is 0 Å². The highest BCUT2D eigenvalue weighted by Gasteiger charge is 2.21. The van der Waals surface area contributed by atoms with Crippen LogP contribution in [0.3, 0.4) is 0 Å². The van der Waals surface area contributed by atoms with Gasteiger partial charge in [0.15, 0.2) is 0 Å². The van der Waals surface area contributed by atoms with Gasteiger partial charge in [-0.3, -0.25) is 15.1 Å². The van der Waals surface area contributed by atoms with Crippen molar-refractivity contribution in [2.75, 3.05) is 13.1 Å². The van der Waals surface area contributed by atoms with Crippen LogP contribution in [-0.4, -0.2) is 65.5 Å². The molecular weight excluding hydrogens is 745 g/mol. The molecule has 0 fully saturated rings. The molecule has 5 aliphatic heterocycles. The SMILES string of the molecule is CC1CCC2=C(C1)N=NC2.CC1CCC2=C(C=NC2)C1.CC1CCc2cn[nH]c2C1.CC1CCc2cnnn2C1.CC1CCn2cnnc2C1.Cc1ccc2c(c1)C=NC2. The summed E-state index contributed by atoms with van der Waals surface area (Å²) >= 11 is 0. The number of aryl methyl sites for hydroxylation is 4. The summed E-state index contributed by atoms with van der Waals surface area (Å²) in [5.74, 6) is 5.27. The second-order valence-electron chi connectivity index (χ2n) is 18.7. The number of hydrogen-bond acceptors (Lipinski definition) is 9. The Hall–Kier alpha value is -4.87. The van der Waals surface area contributed by atoms with E-state index in [2.05, 4.69) is 121 Å². The summed E-state index contributed by atoms with van der Waals surface area (Å²) in [7, 11) is 0. The zero-order valence-corrected chi connectivity index (χ0v) is 37.2. The standard InChI is InChI=1S/C9H13N.C9H9N.2C8H12N2.2C7H11N3/c2*1-7-2-3-8-5-10-6-9(8)4-7;2*1-6-2-3-7-5-9-10-8(7)4-6;1-6-2-3-7-4-8-9-10(7)5-6;1-6-2-3-10-5-8-9-7(10)4-6/h6-7H,2-5H2,1H3;2-4,6H,5H2,1H3;6H,2-5H2,1H3;5-6H,2-4H2,1H3,(H,9,10);4,6H,2-3,5H2,1H3;5-6H,2-4H2,1H3. The monoisotopic (exact) mass is 813 g/mol. The third-order valence-corrected chi connectivity index (χ3v) is 13.1. The van der Waals surface area contributed by atoms with Crippen molar-refractivity contribution in [2.24, 2.45) is 49.8 Å². The first-order valence-corrected chi connectivity index (χ1v) is 22.8. The molecule has 12 rings (SSSR count). The maximum absolute atomic E-state index is 4.26. The van der Waals surface area contributed by atoms with E-state index in [0.29, 0.717) is 0 Å². The molecule has 5 atom stereocenters. The van der Waals surface area contributed by atoms with Crippen LogP contribution in [0.1, 0.15) is 132 Å². The van der Waals surface area contributed by atoms with Crippen molar-refractivity contribution in [1.29, 1.82) is 0 Å². The number of aliphatic imine (C=N–C) groups is 2. The maximum Gasteiger partial charge on any atom is 0.133 e. The number of nitrogens with zero attached hydrogens (tertiary/aromatic N) is 11. The molecule has 60 heavy (non-hydrogen) atoms. The second-order valence-corrected chi connectivity index (χ2v) is 18.7. The number of nitrogens with one attached hydrogen (secondary N) is 1. The first-order valence-electron chi connectivity index (χ1n) is 22.8. The van der Waals surface area contributed by atoms with E-state index < -0.39 is 0 Å². The topological polar surface area (TPSA) is 140 Å². The summed E-state index contributed by atoms with van der Waals surface area (Å²) in [6.45, 7) is 18.4. The van der Waals surface area contributed by atoms with Crippen LogP contribution in [0.5, 0.6) is 0 Å². The lowest BCUT2D eigenvalue weighted by molar-refractivity contribution is 0.367. The van der Waals surface area contributed by atoms with E-state index in [9.17, 15) is 0 Å². The summed E-state index contributed by atoms with van der Waals surface area (Å²) in [4.78, 5) is 8.43. The van der Waals surface area contributed by atoms with Crippen molar-refractivity contribution in [3.8, 4) is 0 Å². The van der Waals surface area contributed by atoms with E-state index in [4.69, 9.17) is 0 Å². The van der Waals surface area contributed by atoms with Gasteiger partial charge in [0.2, 0.25) is 0 Å². The molecule has 1 N–H and O–H groups in total. The average Bonchev–Trinajstić information content (AvgIpc) is 4.10. The largest absolute Gasteiger partial charge is 0.318 e. The van der Waals surface area contributed by atoms with E-state index in [0.717, 1.165) is 81.0 Å². The predicted octanol–water partition coefficient (Wildman–Crippen LogP) is 9.90. The highest BCUT2D eigenvalue weighted by atomic mass is 15.4. The Morgan fingerprint density at radius 3 is 2.33 bits per heavy atom. The molecule has 0 saturated heterocycles. The molecule has 3 aliphatic carbocycles. The number of aromatic amines is 1. The molecule has 0 saturated carbocycles. The molecule has 12 nitrogen and oxygen atoms in total. The number of benzene rings is 1. The van der Waals surface area contributed by atoms with Crippen LogP contribution in [0, 0.1) is 36.5 Å². The third-order valence-electron chi connectivity index (χ3n) is 13.1. The normalized spacial score (nSPS) is 24.8. The molecule has 0 radical (unpaired) electrons. The Morgan fingerprint density at radius 1 is 0.683 bits per heavy atom. The van der Waals surface area contributed by atoms with Gasteiger partial charge in [-0.2, -0.15) is 15.3 Å². The predicted molar refractivity (Wildman–Crippen MR) is 240 cm³/mol. The Bertz CT molecular complexity index is 2000. The molecular formula is C48H68N12. The fourth-order valence-corrected chi connectivity index (χ4v) is 9.03. The molecule has 0 bridgehead atoms. The number of H-pyrrole nitrogens is 1. The molecule has 8 aliphatic rings. The summed E-state index contributed by atoms with van der Waals surface area (Å²) in [6.07, 6.45) is 25.9. The van der Waals surface area contributed by atoms with Crippen molar-refractivity contribution in [3.63, 3.8) is 0 Å². The number of rotatable bonds is 0. The minimum absolute atomic E-state index is 0.772. The van der Waals surface area contributed by atoms with Crippen LogP contribution in [0.25, 0.3) is 0 Å². The lowest BCUT2D eigenvalue weighted by atomic mass is 9.86. The molecule has 0 amide bonds. The van der Waals surface area contributed by atoms with Gasteiger partial charge in [0, 0.05) is 37.6 Å². The molecule has 8 heterocycles. The minimum atomic E-state index is 0.772. The van der Waals surface area contributed by atoms with E-state index in [1.54, 1.807) is 11.1 Å². The number of allylic oxidation sites excluding steroid dienone is 2. The fourth-order valence-electron chi connectivity index (χ4n) is 9.03. The van der Waals surface area contributed by atoms with Gasteiger partial charge in [-0.1, -0.05) is 63.6 Å². The molecule has 3 aromatic heterocycles. The zero-order chi connectivity index (χ0) is 41.8. The zero-order valence-electron chi connectivity index (χ0n) is 37.2. The quantitative estimate of drug-likeness (QED) is 0.188. The van der Waals surface area contributed by atoms with Crippen LogP contribution >= 0.6 is 0 Å². The van der Waals surface area contributed by atoms with E-state index in [1.807, 2.05) is 29.6 Å². The smallest absolute Gasteiger partial charge is 0.133 e. The Morgan fingerprint density at radius 2 is 1.45 bits per heavy atom. The molecule has 4 aromatic rings.